The van der Waals surface area contributed by atoms with Crippen molar-refractivity contribution in [1.29, 1.82) is 0 Å². The largest absolute Gasteiger partial charge is 0.333 e. The van der Waals surface area contributed by atoms with Crippen LogP contribution in [0.4, 0.5) is 0 Å². The third kappa shape index (κ3) is 2.81. The molecule has 3 nitrogen and oxygen atoms in total. The lowest BCUT2D eigenvalue weighted by Gasteiger charge is -2.34. The van der Waals surface area contributed by atoms with E-state index in [1.165, 1.54) is 0 Å². The van der Waals surface area contributed by atoms with Crippen molar-refractivity contribution < 1.29 is 4.79 Å². The minimum Gasteiger partial charge on any atom is -0.333 e. The quantitative estimate of drug-likeness (QED) is 0.863. The fraction of sp³-hybridized carbons (Fsp3) is 0.417. The van der Waals surface area contributed by atoms with Gasteiger partial charge in [-0.05, 0) is 41.1 Å². The molecule has 1 heterocycles. The number of rotatable bonds is 1. The number of hydrogen-bond donors (Lipinski definition) is 1. The Kier molecular flexibility index (Phi) is 4.07. The van der Waals surface area contributed by atoms with Gasteiger partial charge in [0.15, 0.2) is 0 Å². The summed E-state index contributed by atoms with van der Waals surface area (Å²) in [5.41, 5.74) is 0.670. The van der Waals surface area contributed by atoms with Crippen molar-refractivity contribution >= 4 is 33.4 Å². The van der Waals surface area contributed by atoms with Gasteiger partial charge in [0.05, 0.1) is 5.56 Å². The van der Waals surface area contributed by atoms with Gasteiger partial charge in [-0.15, -0.1) is 0 Å². The molecule has 2 rings (SSSR count). The molecule has 1 atom stereocenters. The van der Waals surface area contributed by atoms with Crippen LogP contribution in [0.25, 0.3) is 0 Å². The summed E-state index contributed by atoms with van der Waals surface area (Å²) in [5, 5.41) is 3.89. The summed E-state index contributed by atoms with van der Waals surface area (Å²) in [7, 11) is 0. The van der Waals surface area contributed by atoms with E-state index in [2.05, 4.69) is 21.2 Å². The number of piperazine rings is 1. The van der Waals surface area contributed by atoms with E-state index < -0.39 is 0 Å². The standard InChI is InChI=1S/C12H14BrClN2O/c1-8-7-15-4-5-16(8)12(17)10-3-2-9(14)6-11(10)13/h2-3,6,8,15H,4-5,7H2,1H3. The maximum Gasteiger partial charge on any atom is 0.255 e. The summed E-state index contributed by atoms with van der Waals surface area (Å²) >= 11 is 9.26. The van der Waals surface area contributed by atoms with Gasteiger partial charge in [0.25, 0.3) is 5.91 Å². The van der Waals surface area contributed by atoms with E-state index >= 15 is 0 Å². The molecular formula is C12H14BrClN2O. The highest BCUT2D eigenvalue weighted by Crippen LogP contribution is 2.23. The highest BCUT2D eigenvalue weighted by molar-refractivity contribution is 9.10. The molecule has 0 spiro atoms. The molecule has 0 aromatic heterocycles. The second-order valence-electron chi connectivity index (χ2n) is 4.18. The Balaban J connectivity index is 2.24. The summed E-state index contributed by atoms with van der Waals surface area (Å²) in [6.07, 6.45) is 0. The Hall–Kier alpha value is -0.580. The normalized spacial score (nSPS) is 20.4. The number of carbonyl (C=O) groups is 1. The van der Waals surface area contributed by atoms with Crippen LogP contribution in [0.2, 0.25) is 5.02 Å². The van der Waals surface area contributed by atoms with Crippen LogP contribution >= 0.6 is 27.5 Å². The summed E-state index contributed by atoms with van der Waals surface area (Å²) < 4.78 is 0.751. The molecule has 5 heteroatoms. The molecule has 1 saturated heterocycles. The SMILES string of the molecule is CC1CNCCN1C(=O)c1ccc(Cl)cc1Br. The Morgan fingerprint density at radius 3 is 3.00 bits per heavy atom. The van der Waals surface area contributed by atoms with Gasteiger partial charge < -0.3 is 10.2 Å². The summed E-state index contributed by atoms with van der Waals surface area (Å²) in [5.74, 6) is 0.0579. The number of halogens is 2. The van der Waals surface area contributed by atoms with Crippen LogP contribution in [0.15, 0.2) is 22.7 Å². The lowest BCUT2D eigenvalue weighted by molar-refractivity contribution is 0.0655. The predicted molar refractivity (Wildman–Crippen MR) is 72.5 cm³/mol. The van der Waals surface area contributed by atoms with Crippen LogP contribution in [0.5, 0.6) is 0 Å². The highest BCUT2D eigenvalue weighted by atomic mass is 79.9. The van der Waals surface area contributed by atoms with Gasteiger partial charge in [-0.2, -0.15) is 0 Å². The maximum atomic E-state index is 12.4. The first kappa shape index (κ1) is 12.9. The molecule has 1 amide bonds. The second-order valence-corrected chi connectivity index (χ2v) is 5.47. The van der Waals surface area contributed by atoms with E-state index in [-0.39, 0.29) is 11.9 Å². The molecule has 1 N–H and O–H groups in total. The van der Waals surface area contributed by atoms with Crippen LogP contribution in [0, 0.1) is 0 Å². The topological polar surface area (TPSA) is 32.3 Å². The van der Waals surface area contributed by atoms with Gasteiger partial charge in [-0.1, -0.05) is 11.6 Å². The monoisotopic (exact) mass is 316 g/mol. The Labute approximate surface area is 114 Å². The lowest BCUT2D eigenvalue weighted by atomic mass is 10.1. The molecule has 0 bridgehead atoms. The van der Waals surface area contributed by atoms with Crippen molar-refractivity contribution in [3.05, 3.63) is 33.3 Å². The van der Waals surface area contributed by atoms with Crippen LogP contribution in [-0.4, -0.2) is 36.5 Å². The molecule has 0 radical (unpaired) electrons. The number of nitrogens with one attached hydrogen (secondary N) is 1. The molecule has 1 aromatic carbocycles. The van der Waals surface area contributed by atoms with Gasteiger partial charge >= 0.3 is 0 Å². The van der Waals surface area contributed by atoms with Crippen molar-refractivity contribution in [3.63, 3.8) is 0 Å². The Morgan fingerprint density at radius 2 is 2.35 bits per heavy atom. The van der Waals surface area contributed by atoms with E-state index in [9.17, 15) is 4.79 Å². The van der Waals surface area contributed by atoms with Crippen LogP contribution in [0.1, 0.15) is 17.3 Å². The van der Waals surface area contributed by atoms with Crippen molar-refractivity contribution in [1.82, 2.24) is 10.2 Å². The van der Waals surface area contributed by atoms with E-state index in [4.69, 9.17) is 11.6 Å². The Bertz CT molecular complexity index is 439. The lowest BCUT2D eigenvalue weighted by Crippen LogP contribution is -2.52. The first-order valence-electron chi connectivity index (χ1n) is 5.56. The zero-order chi connectivity index (χ0) is 12.4. The molecule has 0 aliphatic carbocycles. The average Bonchev–Trinajstić information content (AvgIpc) is 2.29. The van der Waals surface area contributed by atoms with Crippen LogP contribution < -0.4 is 5.32 Å². The van der Waals surface area contributed by atoms with E-state index in [0.717, 1.165) is 24.1 Å². The molecule has 92 valence electrons. The molecule has 1 aromatic rings. The zero-order valence-electron chi connectivity index (χ0n) is 9.54. The highest BCUT2D eigenvalue weighted by Gasteiger charge is 2.25. The first-order valence-corrected chi connectivity index (χ1v) is 6.73. The molecule has 1 aliphatic heterocycles. The van der Waals surface area contributed by atoms with Gasteiger partial charge in [0.2, 0.25) is 0 Å². The number of carbonyl (C=O) groups excluding carboxylic acids is 1. The fourth-order valence-electron chi connectivity index (χ4n) is 1.96. The number of amides is 1. The van der Waals surface area contributed by atoms with Crippen LogP contribution in [-0.2, 0) is 0 Å². The summed E-state index contributed by atoms with van der Waals surface area (Å²) in [6, 6.07) is 5.48. The molecule has 1 unspecified atom stereocenters. The number of nitrogens with zero attached hydrogens (tertiary/aromatic N) is 1. The molecule has 1 fully saturated rings. The van der Waals surface area contributed by atoms with Gasteiger partial charge in [-0.3, -0.25) is 4.79 Å². The van der Waals surface area contributed by atoms with E-state index in [1.807, 2.05) is 11.8 Å². The third-order valence-electron chi connectivity index (χ3n) is 2.92. The fourth-order valence-corrected chi connectivity index (χ4v) is 2.81. The second kappa shape index (κ2) is 5.38. The Morgan fingerprint density at radius 1 is 1.59 bits per heavy atom. The van der Waals surface area contributed by atoms with Crippen LogP contribution in [0.3, 0.4) is 0 Å². The van der Waals surface area contributed by atoms with Crippen molar-refractivity contribution in [2.45, 2.75) is 13.0 Å². The molecular weight excluding hydrogens is 304 g/mol. The zero-order valence-corrected chi connectivity index (χ0v) is 11.9. The molecule has 17 heavy (non-hydrogen) atoms. The van der Waals surface area contributed by atoms with Crippen molar-refractivity contribution in [2.24, 2.45) is 0 Å². The van der Waals surface area contributed by atoms with Crippen molar-refractivity contribution in [2.75, 3.05) is 19.6 Å². The minimum atomic E-state index is 0.0579. The molecule has 1 aliphatic rings. The van der Waals surface area contributed by atoms with Gasteiger partial charge in [0.1, 0.15) is 0 Å². The molecule has 0 saturated carbocycles. The van der Waals surface area contributed by atoms with Gasteiger partial charge in [-0.25, -0.2) is 0 Å². The minimum absolute atomic E-state index is 0.0579. The van der Waals surface area contributed by atoms with E-state index in [1.54, 1.807) is 18.2 Å². The number of benzene rings is 1. The summed E-state index contributed by atoms with van der Waals surface area (Å²) in [6.45, 7) is 4.49. The van der Waals surface area contributed by atoms with Crippen molar-refractivity contribution in [3.8, 4) is 0 Å². The maximum absolute atomic E-state index is 12.4. The summed E-state index contributed by atoms with van der Waals surface area (Å²) in [4.78, 5) is 14.3. The average molecular weight is 318 g/mol. The number of hydrogen-bond acceptors (Lipinski definition) is 2. The smallest absolute Gasteiger partial charge is 0.255 e. The first-order chi connectivity index (χ1) is 8.09. The third-order valence-corrected chi connectivity index (χ3v) is 3.81. The predicted octanol–water partition coefficient (Wildman–Crippen LogP) is 2.54. The van der Waals surface area contributed by atoms with E-state index in [0.29, 0.717) is 10.6 Å². The van der Waals surface area contributed by atoms with Gasteiger partial charge in [0, 0.05) is 35.2 Å².